The Morgan fingerprint density at radius 1 is 1.29 bits per heavy atom. The Morgan fingerprint density at radius 3 is 2.64 bits per heavy atom. The van der Waals surface area contributed by atoms with Crippen LogP contribution in [0.3, 0.4) is 0 Å². The first-order valence-corrected chi connectivity index (χ1v) is 7.48. The van der Waals surface area contributed by atoms with E-state index in [-0.39, 0.29) is 15.6 Å². The van der Waals surface area contributed by atoms with Gasteiger partial charge in [0.25, 0.3) is 0 Å². The largest absolute Gasteiger partial charge is 0.491 e. The molecular formula is C12H20OSi. The summed E-state index contributed by atoms with van der Waals surface area (Å²) in [6.45, 7) is 6.43. The molecule has 0 saturated heterocycles. The molecule has 0 N–H and O–H groups in total. The molecule has 0 aliphatic heterocycles. The van der Waals surface area contributed by atoms with Crippen molar-refractivity contribution < 1.29 is 4.74 Å². The minimum atomic E-state index is 0.0882. The summed E-state index contributed by atoms with van der Waals surface area (Å²) in [5, 5.41) is 0. The fraction of sp³-hybridized carbons (Fsp3) is 0.500. The summed E-state index contributed by atoms with van der Waals surface area (Å²) in [5.74, 6) is 1.09. The van der Waals surface area contributed by atoms with Crippen molar-refractivity contribution in [2.75, 3.05) is 0 Å². The quantitative estimate of drug-likeness (QED) is 0.676. The molecule has 0 saturated carbocycles. The highest BCUT2D eigenvalue weighted by atomic mass is 28.2. The first-order chi connectivity index (χ1) is 6.74. The molecular weight excluding hydrogens is 188 g/mol. The molecule has 0 radical (unpaired) electrons. The van der Waals surface area contributed by atoms with E-state index in [4.69, 9.17) is 4.74 Å². The molecule has 1 aromatic rings. The highest BCUT2D eigenvalue weighted by molar-refractivity contribution is 6.34. The van der Waals surface area contributed by atoms with Gasteiger partial charge in [0, 0.05) is 9.52 Å². The molecule has 0 unspecified atom stereocenters. The Morgan fingerprint density at radius 2 is 2.00 bits per heavy atom. The average Bonchev–Trinajstić information content (AvgIpc) is 2.16. The van der Waals surface area contributed by atoms with Crippen molar-refractivity contribution in [2.45, 2.75) is 39.0 Å². The Labute approximate surface area is 89.3 Å². The van der Waals surface area contributed by atoms with Gasteiger partial charge in [-0.05, 0) is 31.5 Å². The van der Waals surface area contributed by atoms with Gasteiger partial charge in [0.05, 0.1) is 6.10 Å². The maximum absolute atomic E-state index is 5.76. The van der Waals surface area contributed by atoms with Crippen molar-refractivity contribution >= 4 is 9.52 Å². The fourth-order valence-electron chi connectivity index (χ4n) is 1.45. The maximum atomic E-state index is 5.76. The van der Waals surface area contributed by atoms with Crippen molar-refractivity contribution in [3.63, 3.8) is 0 Å². The van der Waals surface area contributed by atoms with Gasteiger partial charge in [0.2, 0.25) is 0 Å². The van der Waals surface area contributed by atoms with Crippen molar-refractivity contribution in [3.8, 4) is 5.75 Å². The van der Waals surface area contributed by atoms with Crippen LogP contribution in [0, 0.1) is 0 Å². The third-order valence-electron chi connectivity index (χ3n) is 2.13. The van der Waals surface area contributed by atoms with Crippen LogP contribution in [0.5, 0.6) is 5.75 Å². The molecule has 0 aromatic heterocycles. The zero-order valence-electron chi connectivity index (χ0n) is 9.42. The molecule has 0 bridgehead atoms. The maximum Gasteiger partial charge on any atom is 0.122 e. The van der Waals surface area contributed by atoms with E-state index in [0.717, 1.165) is 5.75 Å². The van der Waals surface area contributed by atoms with Crippen LogP contribution < -0.4 is 4.74 Å². The van der Waals surface area contributed by atoms with E-state index in [1.165, 1.54) is 17.7 Å². The van der Waals surface area contributed by atoms with E-state index < -0.39 is 0 Å². The molecule has 2 heteroatoms. The first kappa shape index (κ1) is 11.3. The standard InChI is InChI=1S/C12H20OSi/c1-4-14-9-11-7-5-6-8-12(11)13-10(2)3/h5-8,10H,4,9,14H2,1-3H3. The highest BCUT2D eigenvalue weighted by Crippen LogP contribution is 2.19. The van der Waals surface area contributed by atoms with E-state index in [1.807, 2.05) is 0 Å². The van der Waals surface area contributed by atoms with Crippen molar-refractivity contribution in [3.05, 3.63) is 29.8 Å². The molecule has 78 valence electrons. The molecule has 0 heterocycles. The summed E-state index contributed by atoms with van der Waals surface area (Å²) in [5.41, 5.74) is 1.40. The smallest absolute Gasteiger partial charge is 0.122 e. The second-order valence-corrected chi connectivity index (χ2v) is 6.08. The van der Waals surface area contributed by atoms with Crippen LogP contribution in [0.4, 0.5) is 0 Å². The zero-order chi connectivity index (χ0) is 10.4. The SMILES string of the molecule is CC[SiH2]Cc1ccccc1OC(C)C. The van der Waals surface area contributed by atoms with Crippen LogP contribution in [0.2, 0.25) is 6.04 Å². The molecule has 14 heavy (non-hydrogen) atoms. The Balaban J connectivity index is 2.69. The molecule has 1 nitrogen and oxygen atoms in total. The fourth-order valence-corrected chi connectivity index (χ4v) is 2.59. The van der Waals surface area contributed by atoms with Crippen LogP contribution in [0.1, 0.15) is 26.3 Å². The Kier molecular flexibility index (Phi) is 4.74. The van der Waals surface area contributed by atoms with Gasteiger partial charge in [-0.15, -0.1) is 0 Å². The zero-order valence-corrected chi connectivity index (χ0v) is 10.8. The summed E-state index contributed by atoms with van der Waals surface area (Å²) in [7, 11) is 0.0882. The summed E-state index contributed by atoms with van der Waals surface area (Å²) in [4.78, 5) is 0. The number of ether oxygens (including phenoxy) is 1. The van der Waals surface area contributed by atoms with E-state index in [0.29, 0.717) is 0 Å². The molecule has 1 rings (SSSR count). The third kappa shape index (κ3) is 3.54. The summed E-state index contributed by atoms with van der Waals surface area (Å²) in [6, 6.07) is 11.1. The van der Waals surface area contributed by atoms with E-state index in [1.54, 1.807) is 0 Å². The second-order valence-electron chi connectivity index (χ2n) is 3.88. The molecule has 0 atom stereocenters. The minimum Gasteiger partial charge on any atom is -0.491 e. The molecule has 1 aromatic carbocycles. The second kappa shape index (κ2) is 5.86. The Bertz CT molecular complexity index is 271. The van der Waals surface area contributed by atoms with Crippen molar-refractivity contribution in [1.29, 1.82) is 0 Å². The van der Waals surface area contributed by atoms with Crippen LogP contribution in [-0.4, -0.2) is 15.6 Å². The predicted molar refractivity (Wildman–Crippen MR) is 64.9 cm³/mol. The van der Waals surface area contributed by atoms with Crippen LogP contribution in [0.25, 0.3) is 0 Å². The number of hydrogen-bond donors (Lipinski definition) is 0. The lowest BCUT2D eigenvalue weighted by Crippen LogP contribution is -2.08. The topological polar surface area (TPSA) is 9.23 Å². The van der Waals surface area contributed by atoms with Crippen molar-refractivity contribution in [1.82, 2.24) is 0 Å². The molecule has 0 amide bonds. The van der Waals surface area contributed by atoms with Crippen LogP contribution in [-0.2, 0) is 6.04 Å². The van der Waals surface area contributed by atoms with Crippen molar-refractivity contribution in [2.24, 2.45) is 0 Å². The summed E-state index contributed by atoms with van der Waals surface area (Å²) >= 11 is 0. The van der Waals surface area contributed by atoms with Gasteiger partial charge in [-0.2, -0.15) is 0 Å². The number of benzene rings is 1. The third-order valence-corrected chi connectivity index (χ3v) is 3.73. The number of hydrogen-bond acceptors (Lipinski definition) is 1. The van der Waals surface area contributed by atoms with Gasteiger partial charge in [0.1, 0.15) is 5.75 Å². The molecule has 0 aliphatic carbocycles. The lowest BCUT2D eigenvalue weighted by atomic mass is 10.2. The van der Waals surface area contributed by atoms with Gasteiger partial charge < -0.3 is 4.74 Å². The van der Waals surface area contributed by atoms with Gasteiger partial charge in [-0.3, -0.25) is 0 Å². The van der Waals surface area contributed by atoms with Gasteiger partial charge in [-0.1, -0.05) is 31.2 Å². The van der Waals surface area contributed by atoms with Gasteiger partial charge in [-0.25, -0.2) is 0 Å². The number of rotatable bonds is 5. The first-order valence-electron chi connectivity index (χ1n) is 5.48. The van der Waals surface area contributed by atoms with Gasteiger partial charge >= 0.3 is 0 Å². The van der Waals surface area contributed by atoms with E-state index in [9.17, 15) is 0 Å². The normalized spacial score (nSPS) is 11.4. The lowest BCUT2D eigenvalue weighted by Gasteiger charge is -2.13. The Hall–Kier alpha value is -0.763. The number of para-hydroxylation sites is 1. The summed E-state index contributed by atoms with van der Waals surface area (Å²) < 4.78 is 5.76. The van der Waals surface area contributed by atoms with Gasteiger partial charge in [0.15, 0.2) is 0 Å². The molecule has 0 spiro atoms. The monoisotopic (exact) mass is 208 g/mol. The average molecular weight is 208 g/mol. The highest BCUT2D eigenvalue weighted by Gasteiger charge is 2.03. The lowest BCUT2D eigenvalue weighted by molar-refractivity contribution is 0.240. The summed E-state index contributed by atoms with van der Waals surface area (Å²) in [6.07, 6.45) is 0.277. The van der Waals surface area contributed by atoms with Crippen LogP contribution >= 0.6 is 0 Å². The molecule has 0 aliphatic rings. The minimum absolute atomic E-state index is 0.0882. The molecule has 0 fully saturated rings. The predicted octanol–water partition coefficient (Wildman–Crippen LogP) is 2.58. The van der Waals surface area contributed by atoms with E-state index in [2.05, 4.69) is 45.0 Å². The van der Waals surface area contributed by atoms with Crippen LogP contribution in [0.15, 0.2) is 24.3 Å². The van der Waals surface area contributed by atoms with E-state index >= 15 is 0 Å².